The molecule has 112 valence electrons. The predicted molar refractivity (Wildman–Crippen MR) is 78.1 cm³/mol. The van der Waals surface area contributed by atoms with Crippen molar-refractivity contribution in [2.24, 2.45) is 10.9 Å². The number of hydrogen-bond acceptors (Lipinski definition) is 5. The molecule has 1 aromatic rings. The zero-order chi connectivity index (χ0) is 16.4. The number of allylic oxidation sites excluding steroid dienone is 1. The molecule has 0 aliphatic carbocycles. The van der Waals surface area contributed by atoms with Gasteiger partial charge in [-0.05, 0) is 24.6 Å². The molecule has 1 aliphatic heterocycles. The van der Waals surface area contributed by atoms with Crippen molar-refractivity contribution in [3.8, 4) is 6.07 Å². The van der Waals surface area contributed by atoms with E-state index in [0.29, 0.717) is 11.3 Å². The van der Waals surface area contributed by atoms with E-state index in [1.807, 2.05) is 0 Å². The maximum Gasteiger partial charge on any atom is 0.335 e. The highest BCUT2D eigenvalue weighted by Crippen LogP contribution is 2.39. The molecule has 0 radical (unpaired) electrons. The molecule has 0 fully saturated rings. The normalized spacial score (nSPS) is 21.0. The molecule has 0 amide bonds. The maximum absolute atomic E-state index is 11.6. The van der Waals surface area contributed by atoms with Gasteiger partial charge in [0, 0.05) is 17.3 Å². The third kappa shape index (κ3) is 2.54. The van der Waals surface area contributed by atoms with Crippen LogP contribution in [0.2, 0.25) is 0 Å². The third-order valence-electron chi connectivity index (χ3n) is 3.51. The number of benzene rings is 1. The quantitative estimate of drug-likeness (QED) is 0.721. The molecule has 0 aromatic heterocycles. The van der Waals surface area contributed by atoms with Crippen LogP contribution in [0.3, 0.4) is 0 Å². The van der Waals surface area contributed by atoms with E-state index < -0.39 is 23.8 Å². The Hall–Kier alpha value is -3.14. The number of aliphatic carboxylic acids is 2. The molecular formula is C15H13N3O4. The molecule has 2 rings (SSSR count). The predicted octanol–water partition coefficient (Wildman–Crippen LogP) is 1.39. The largest absolute Gasteiger partial charge is 0.481 e. The van der Waals surface area contributed by atoms with Crippen LogP contribution >= 0.6 is 0 Å². The summed E-state index contributed by atoms with van der Waals surface area (Å²) in [5.41, 5.74) is 6.08. The number of nitriles is 1. The van der Waals surface area contributed by atoms with Crippen molar-refractivity contribution in [2.75, 3.05) is 5.73 Å². The zero-order valence-electron chi connectivity index (χ0n) is 11.6. The highest BCUT2D eigenvalue weighted by molar-refractivity contribution is 6.06. The van der Waals surface area contributed by atoms with E-state index in [4.69, 9.17) is 11.0 Å². The summed E-state index contributed by atoms with van der Waals surface area (Å²) in [6.45, 7) is 1.47. The molecule has 2 atom stereocenters. The van der Waals surface area contributed by atoms with Gasteiger partial charge in [-0.3, -0.25) is 4.79 Å². The Bertz CT molecular complexity index is 758. The SMILES string of the molecule is CC1=NC(C#N)=C(C(=O)O)C(c2cccc(N)c2)C1C(=O)O. The first-order valence-corrected chi connectivity index (χ1v) is 6.37. The molecule has 4 N–H and O–H groups in total. The van der Waals surface area contributed by atoms with E-state index in [9.17, 15) is 19.8 Å². The van der Waals surface area contributed by atoms with Crippen LogP contribution < -0.4 is 5.73 Å². The summed E-state index contributed by atoms with van der Waals surface area (Å²) in [5, 5.41) is 28.0. The van der Waals surface area contributed by atoms with Crippen LogP contribution in [0, 0.1) is 17.2 Å². The molecule has 2 unspecified atom stereocenters. The van der Waals surface area contributed by atoms with Gasteiger partial charge in [-0.1, -0.05) is 12.1 Å². The average molecular weight is 299 g/mol. The second-order valence-electron chi connectivity index (χ2n) is 4.90. The summed E-state index contributed by atoms with van der Waals surface area (Å²) in [4.78, 5) is 27.0. The molecule has 0 spiro atoms. The van der Waals surface area contributed by atoms with Crippen LogP contribution in [0.1, 0.15) is 18.4 Å². The van der Waals surface area contributed by atoms with E-state index in [-0.39, 0.29) is 17.0 Å². The van der Waals surface area contributed by atoms with Gasteiger partial charge in [-0.15, -0.1) is 0 Å². The van der Waals surface area contributed by atoms with Gasteiger partial charge in [0.1, 0.15) is 12.0 Å². The Morgan fingerprint density at radius 2 is 2.05 bits per heavy atom. The number of hydrogen-bond donors (Lipinski definition) is 3. The summed E-state index contributed by atoms with van der Waals surface area (Å²) in [6.07, 6.45) is 0. The first-order valence-electron chi connectivity index (χ1n) is 6.37. The lowest BCUT2D eigenvalue weighted by molar-refractivity contribution is -0.140. The number of nitrogens with two attached hydrogens (primary N) is 1. The van der Waals surface area contributed by atoms with E-state index in [0.717, 1.165) is 0 Å². The topological polar surface area (TPSA) is 137 Å². The zero-order valence-corrected chi connectivity index (χ0v) is 11.6. The summed E-state index contributed by atoms with van der Waals surface area (Å²) in [5.74, 6) is -4.76. The van der Waals surface area contributed by atoms with Gasteiger partial charge in [-0.25, -0.2) is 9.79 Å². The summed E-state index contributed by atoms with van der Waals surface area (Å²) in [6, 6.07) is 8.05. The number of aliphatic imine (C=N–C) groups is 1. The van der Waals surface area contributed by atoms with E-state index >= 15 is 0 Å². The van der Waals surface area contributed by atoms with Crippen molar-refractivity contribution < 1.29 is 19.8 Å². The molecule has 7 nitrogen and oxygen atoms in total. The minimum Gasteiger partial charge on any atom is -0.481 e. The van der Waals surface area contributed by atoms with Crippen molar-refractivity contribution in [3.05, 3.63) is 41.1 Å². The van der Waals surface area contributed by atoms with Gasteiger partial charge in [0.05, 0.1) is 5.57 Å². The first-order chi connectivity index (χ1) is 10.4. The van der Waals surface area contributed by atoms with E-state index in [1.165, 1.54) is 13.0 Å². The number of rotatable bonds is 3. The number of nitrogen functional groups attached to an aromatic ring is 1. The van der Waals surface area contributed by atoms with Gasteiger partial charge in [0.15, 0.2) is 5.70 Å². The molecule has 1 aromatic carbocycles. The molecule has 7 heteroatoms. The summed E-state index contributed by atoms with van der Waals surface area (Å²) in [7, 11) is 0. The average Bonchev–Trinajstić information content (AvgIpc) is 2.45. The number of carboxylic acids is 2. The van der Waals surface area contributed by atoms with Gasteiger partial charge in [-0.2, -0.15) is 5.26 Å². The Kier molecular flexibility index (Phi) is 3.95. The Morgan fingerprint density at radius 3 is 2.55 bits per heavy atom. The summed E-state index contributed by atoms with van der Waals surface area (Å²) >= 11 is 0. The second-order valence-corrected chi connectivity index (χ2v) is 4.90. The number of nitrogens with zero attached hydrogens (tertiary/aromatic N) is 2. The number of carbonyl (C=O) groups is 2. The Balaban J connectivity index is 2.75. The van der Waals surface area contributed by atoms with Crippen LogP contribution in [0.15, 0.2) is 40.5 Å². The molecule has 0 saturated heterocycles. The third-order valence-corrected chi connectivity index (χ3v) is 3.51. The molecule has 0 saturated carbocycles. The Labute approximate surface area is 126 Å². The molecular weight excluding hydrogens is 286 g/mol. The van der Waals surface area contributed by atoms with Gasteiger partial charge in [0.2, 0.25) is 0 Å². The number of carboxylic acid groups (broad SMARTS) is 2. The second kappa shape index (κ2) is 5.69. The van der Waals surface area contributed by atoms with Crippen LogP contribution in [-0.2, 0) is 9.59 Å². The highest BCUT2D eigenvalue weighted by Gasteiger charge is 2.42. The minimum absolute atomic E-state index is 0.182. The highest BCUT2D eigenvalue weighted by atomic mass is 16.4. The van der Waals surface area contributed by atoms with Gasteiger partial charge < -0.3 is 15.9 Å². The first kappa shape index (κ1) is 15.3. The maximum atomic E-state index is 11.6. The fraction of sp³-hybridized carbons (Fsp3) is 0.200. The molecule has 1 aliphatic rings. The fourth-order valence-corrected chi connectivity index (χ4v) is 2.61. The molecule has 0 bridgehead atoms. The summed E-state index contributed by atoms with van der Waals surface area (Å²) < 4.78 is 0. The van der Waals surface area contributed by atoms with Crippen LogP contribution in [0.4, 0.5) is 5.69 Å². The van der Waals surface area contributed by atoms with Crippen LogP contribution in [0.25, 0.3) is 0 Å². The lowest BCUT2D eigenvalue weighted by Crippen LogP contribution is -2.35. The smallest absolute Gasteiger partial charge is 0.335 e. The van der Waals surface area contributed by atoms with Crippen LogP contribution in [-0.4, -0.2) is 27.9 Å². The van der Waals surface area contributed by atoms with Crippen molar-refractivity contribution in [1.29, 1.82) is 5.26 Å². The van der Waals surface area contributed by atoms with Crippen molar-refractivity contribution >= 4 is 23.3 Å². The van der Waals surface area contributed by atoms with E-state index in [1.54, 1.807) is 24.3 Å². The minimum atomic E-state index is -1.37. The molecule has 1 heterocycles. The van der Waals surface area contributed by atoms with Gasteiger partial charge in [0.25, 0.3) is 0 Å². The Morgan fingerprint density at radius 1 is 1.36 bits per heavy atom. The monoisotopic (exact) mass is 299 g/mol. The molecule has 22 heavy (non-hydrogen) atoms. The van der Waals surface area contributed by atoms with Gasteiger partial charge >= 0.3 is 11.9 Å². The fourth-order valence-electron chi connectivity index (χ4n) is 2.61. The van der Waals surface area contributed by atoms with Crippen LogP contribution in [0.5, 0.6) is 0 Å². The van der Waals surface area contributed by atoms with Crippen molar-refractivity contribution in [2.45, 2.75) is 12.8 Å². The lowest BCUT2D eigenvalue weighted by Gasteiger charge is -2.28. The van der Waals surface area contributed by atoms with Crippen molar-refractivity contribution in [1.82, 2.24) is 0 Å². The standard InChI is InChI=1S/C15H13N3O4/c1-7-11(14(19)20)12(8-3-2-4-9(17)5-8)13(15(21)22)10(6-16)18-7/h2-5,11-12H,17H2,1H3,(H,19,20)(H,21,22). The number of anilines is 1. The van der Waals surface area contributed by atoms with E-state index in [2.05, 4.69) is 4.99 Å². The van der Waals surface area contributed by atoms with Crippen molar-refractivity contribution in [3.63, 3.8) is 0 Å². The lowest BCUT2D eigenvalue weighted by atomic mass is 9.75.